The van der Waals surface area contributed by atoms with Crippen LogP contribution in [0.2, 0.25) is 0 Å². The molecule has 0 radical (unpaired) electrons. The van der Waals surface area contributed by atoms with Gasteiger partial charge in [0, 0.05) is 6.54 Å². The topological polar surface area (TPSA) is 12.5 Å². The minimum Gasteiger partial charge on any atom is -0.497 e. The van der Waals surface area contributed by atoms with Crippen LogP contribution < -0.4 is 4.74 Å². The highest BCUT2D eigenvalue weighted by atomic mass is 16.5. The molecule has 0 spiro atoms. The first-order chi connectivity index (χ1) is 9.40. The van der Waals surface area contributed by atoms with E-state index in [4.69, 9.17) is 4.74 Å². The zero-order valence-electron chi connectivity index (χ0n) is 14.0. The van der Waals surface area contributed by atoms with Gasteiger partial charge in [-0.05, 0) is 61.7 Å². The summed E-state index contributed by atoms with van der Waals surface area (Å²) >= 11 is 0. The molecule has 0 fully saturated rings. The summed E-state index contributed by atoms with van der Waals surface area (Å²) in [5, 5.41) is 0. The Labute approximate surface area is 124 Å². The average Bonchev–Trinajstić information content (AvgIpc) is 2.38. The molecular weight excluding hydrogens is 246 g/mol. The van der Waals surface area contributed by atoms with Crippen molar-refractivity contribution >= 4 is 5.57 Å². The Morgan fingerprint density at radius 3 is 2.35 bits per heavy atom. The van der Waals surface area contributed by atoms with Crippen LogP contribution >= 0.6 is 0 Å². The second-order valence-corrected chi connectivity index (χ2v) is 6.02. The lowest BCUT2D eigenvalue weighted by Crippen LogP contribution is -2.21. The third kappa shape index (κ3) is 4.11. The largest absolute Gasteiger partial charge is 0.497 e. The minimum atomic E-state index is 0.500. The highest BCUT2D eigenvalue weighted by molar-refractivity contribution is 5.71. The second kappa shape index (κ2) is 7.49. The molecule has 1 rings (SSSR count). The van der Waals surface area contributed by atoms with Gasteiger partial charge in [-0.1, -0.05) is 32.9 Å². The Hall–Kier alpha value is -1.28. The van der Waals surface area contributed by atoms with Crippen molar-refractivity contribution in [3.8, 4) is 5.75 Å². The van der Waals surface area contributed by atoms with Crippen LogP contribution in [-0.2, 0) is 0 Å². The first-order valence-corrected chi connectivity index (χ1v) is 7.39. The maximum absolute atomic E-state index is 5.41. The van der Waals surface area contributed by atoms with E-state index in [1.54, 1.807) is 7.11 Å². The Bertz CT molecular complexity index is 460. The van der Waals surface area contributed by atoms with E-state index in [0.717, 1.165) is 12.3 Å². The summed E-state index contributed by atoms with van der Waals surface area (Å²) in [6.07, 6.45) is 2.24. The molecule has 2 heteroatoms. The molecule has 0 aromatic heterocycles. The lowest BCUT2D eigenvalue weighted by atomic mass is 9.86. The minimum absolute atomic E-state index is 0.500. The Morgan fingerprint density at radius 2 is 1.90 bits per heavy atom. The van der Waals surface area contributed by atoms with Crippen molar-refractivity contribution in [2.45, 2.75) is 33.6 Å². The van der Waals surface area contributed by atoms with Crippen molar-refractivity contribution in [2.75, 3.05) is 27.7 Å². The van der Waals surface area contributed by atoms with Crippen LogP contribution in [0.1, 0.15) is 44.7 Å². The van der Waals surface area contributed by atoms with Crippen molar-refractivity contribution in [1.29, 1.82) is 0 Å². The summed E-state index contributed by atoms with van der Waals surface area (Å²) in [4.78, 5) is 2.24. The van der Waals surface area contributed by atoms with Crippen molar-refractivity contribution in [3.05, 3.63) is 35.4 Å². The van der Waals surface area contributed by atoms with Crippen molar-refractivity contribution in [2.24, 2.45) is 5.92 Å². The van der Waals surface area contributed by atoms with Gasteiger partial charge in [0.05, 0.1) is 7.11 Å². The predicted molar refractivity (Wildman–Crippen MR) is 88.5 cm³/mol. The molecular formula is C18H29NO. The van der Waals surface area contributed by atoms with E-state index < -0.39 is 0 Å². The second-order valence-electron chi connectivity index (χ2n) is 6.02. The molecule has 0 bridgehead atoms. The number of hydrogen-bond acceptors (Lipinski definition) is 2. The summed E-state index contributed by atoms with van der Waals surface area (Å²) in [5.41, 5.74) is 4.13. The molecule has 0 amide bonds. The van der Waals surface area contributed by atoms with Gasteiger partial charge in [-0.25, -0.2) is 0 Å². The van der Waals surface area contributed by atoms with Crippen molar-refractivity contribution in [3.63, 3.8) is 0 Å². The number of methoxy groups -OCH3 is 1. The number of nitrogens with zero attached hydrogens (tertiary/aromatic N) is 1. The average molecular weight is 275 g/mol. The van der Waals surface area contributed by atoms with Gasteiger partial charge < -0.3 is 9.64 Å². The monoisotopic (exact) mass is 275 g/mol. The molecule has 0 aliphatic rings. The first kappa shape index (κ1) is 16.8. The number of benzene rings is 1. The number of allylic oxidation sites excluding steroid dienone is 1. The van der Waals surface area contributed by atoms with Gasteiger partial charge in [-0.15, -0.1) is 0 Å². The van der Waals surface area contributed by atoms with Crippen LogP contribution in [0.5, 0.6) is 5.75 Å². The van der Waals surface area contributed by atoms with Gasteiger partial charge in [0.1, 0.15) is 5.75 Å². The maximum Gasteiger partial charge on any atom is 0.119 e. The summed E-state index contributed by atoms with van der Waals surface area (Å²) < 4.78 is 5.41. The van der Waals surface area contributed by atoms with Gasteiger partial charge >= 0.3 is 0 Å². The Morgan fingerprint density at radius 1 is 1.25 bits per heavy atom. The van der Waals surface area contributed by atoms with Crippen LogP contribution in [-0.4, -0.2) is 32.6 Å². The van der Waals surface area contributed by atoms with Gasteiger partial charge in [-0.3, -0.25) is 0 Å². The van der Waals surface area contributed by atoms with Gasteiger partial charge in [-0.2, -0.15) is 0 Å². The first-order valence-electron chi connectivity index (χ1n) is 7.39. The van der Waals surface area contributed by atoms with Crippen LogP contribution in [0.4, 0.5) is 0 Å². The lowest BCUT2D eigenvalue weighted by Gasteiger charge is -2.24. The van der Waals surface area contributed by atoms with Crippen LogP contribution in [0.25, 0.3) is 5.57 Å². The van der Waals surface area contributed by atoms with Crippen LogP contribution in [0.3, 0.4) is 0 Å². The number of ether oxygens (including phenoxy) is 1. The highest BCUT2D eigenvalue weighted by Crippen LogP contribution is 2.33. The SMILES string of the molecule is C/C=C(\c1cc(OC)ccc1C(C)C)C(C)CN(C)C. The number of hydrogen-bond donors (Lipinski definition) is 0. The molecule has 0 aliphatic carbocycles. The molecule has 20 heavy (non-hydrogen) atoms. The molecule has 0 aliphatic heterocycles. The molecule has 2 nitrogen and oxygen atoms in total. The summed E-state index contributed by atoms with van der Waals surface area (Å²) in [7, 11) is 5.98. The molecule has 0 saturated carbocycles. The van der Waals surface area contributed by atoms with E-state index in [1.165, 1.54) is 16.7 Å². The fourth-order valence-corrected chi connectivity index (χ4v) is 2.77. The normalized spacial score (nSPS) is 13.9. The molecule has 0 N–H and O–H groups in total. The number of rotatable bonds is 6. The van der Waals surface area contributed by atoms with Crippen LogP contribution in [0, 0.1) is 5.92 Å². The predicted octanol–water partition coefficient (Wildman–Crippen LogP) is 4.42. The highest BCUT2D eigenvalue weighted by Gasteiger charge is 2.17. The molecule has 112 valence electrons. The zero-order valence-corrected chi connectivity index (χ0v) is 14.0. The third-order valence-electron chi connectivity index (χ3n) is 3.67. The summed E-state index contributed by atoms with van der Waals surface area (Å²) in [5.74, 6) is 1.94. The third-order valence-corrected chi connectivity index (χ3v) is 3.67. The fraction of sp³-hybridized carbons (Fsp3) is 0.556. The van der Waals surface area contributed by atoms with E-state index >= 15 is 0 Å². The lowest BCUT2D eigenvalue weighted by molar-refractivity contribution is 0.375. The molecule has 1 aromatic rings. The molecule has 1 atom stereocenters. The Kier molecular flexibility index (Phi) is 6.28. The molecule has 0 heterocycles. The van der Waals surface area contributed by atoms with Crippen molar-refractivity contribution in [1.82, 2.24) is 4.90 Å². The van der Waals surface area contributed by atoms with Gasteiger partial charge in [0.15, 0.2) is 0 Å². The quantitative estimate of drug-likeness (QED) is 0.762. The van der Waals surface area contributed by atoms with E-state index in [1.807, 2.05) is 0 Å². The molecule has 1 aromatic carbocycles. The van der Waals surface area contributed by atoms with Crippen molar-refractivity contribution < 1.29 is 4.74 Å². The fourth-order valence-electron chi connectivity index (χ4n) is 2.77. The summed E-state index contributed by atoms with van der Waals surface area (Å²) in [6, 6.07) is 6.43. The summed E-state index contributed by atoms with van der Waals surface area (Å²) in [6.45, 7) is 9.96. The smallest absolute Gasteiger partial charge is 0.119 e. The van der Waals surface area contributed by atoms with E-state index in [0.29, 0.717) is 11.8 Å². The maximum atomic E-state index is 5.41. The molecule has 0 saturated heterocycles. The van der Waals surface area contributed by atoms with Crippen LogP contribution in [0.15, 0.2) is 24.3 Å². The zero-order chi connectivity index (χ0) is 15.3. The van der Waals surface area contributed by atoms with Gasteiger partial charge in [0.2, 0.25) is 0 Å². The van der Waals surface area contributed by atoms with Gasteiger partial charge in [0.25, 0.3) is 0 Å². The Balaban J connectivity index is 3.25. The molecule has 1 unspecified atom stereocenters. The standard InChI is InChI=1S/C18H29NO/c1-8-16(14(4)12-19(5)6)18-11-15(20-7)9-10-17(18)13(2)3/h8-11,13-14H,12H2,1-7H3/b16-8-. The van der Waals surface area contributed by atoms with E-state index in [-0.39, 0.29) is 0 Å². The van der Waals surface area contributed by atoms with E-state index in [2.05, 4.69) is 71.0 Å². The van der Waals surface area contributed by atoms with E-state index in [9.17, 15) is 0 Å².